The molecule has 0 aliphatic carbocycles. The molecule has 3 aromatic rings. The Bertz CT molecular complexity index is 774. The van der Waals surface area contributed by atoms with Crippen LogP contribution in [0.15, 0.2) is 30.7 Å². The minimum atomic E-state index is 0.557. The van der Waals surface area contributed by atoms with Crippen LogP contribution in [0.4, 0.5) is 5.82 Å². The van der Waals surface area contributed by atoms with Gasteiger partial charge in [-0.05, 0) is 38.0 Å². The molecule has 4 rings (SSSR count). The van der Waals surface area contributed by atoms with Gasteiger partial charge in [0.15, 0.2) is 5.82 Å². The molecule has 6 nitrogen and oxygen atoms in total. The van der Waals surface area contributed by atoms with Crippen LogP contribution in [0.2, 0.25) is 0 Å². The van der Waals surface area contributed by atoms with E-state index in [9.17, 15) is 0 Å². The van der Waals surface area contributed by atoms with Crippen molar-refractivity contribution >= 4 is 16.9 Å². The van der Waals surface area contributed by atoms with Gasteiger partial charge in [0.25, 0.3) is 0 Å². The van der Waals surface area contributed by atoms with Crippen LogP contribution in [0.3, 0.4) is 0 Å². The second-order valence-corrected chi connectivity index (χ2v) is 5.79. The molecule has 1 saturated heterocycles. The van der Waals surface area contributed by atoms with Crippen molar-refractivity contribution in [2.45, 2.75) is 25.7 Å². The van der Waals surface area contributed by atoms with E-state index in [0.717, 1.165) is 48.5 Å². The number of aromatic amines is 1. The highest BCUT2D eigenvalue weighted by molar-refractivity contribution is 5.85. The average Bonchev–Trinajstić information content (AvgIpc) is 3.09. The largest absolute Gasteiger partial charge is 0.355 e. The van der Waals surface area contributed by atoms with Crippen LogP contribution in [-0.2, 0) is 0 Å². The summed E-state index contributed by atoms with van der Waals surface area (Å²) < 4.78 is 0. The molecule has 22 heavy (non-hydrogen) atoms. The predicted octanol–water partition coefficient (Wildman–Crippen LogP) is 2.44. The lowest BCUT2D eigenvalue weighted by Gasteiger charge is -2.32. The third-order valence-electron chi connectivity index (χ3n) is 4.36. The van der Waals surface area contributed by atoms with Gasteiger partial charge >= 0.3 is 0 Å². The van der Waals surface area contributed by atoms with E-state index in [2.05, 4.69) is 36.1 Å². The second kappa shape index (κ2) is 5.36. The number of H-pyrrole nitrogens is 1. The van der Waals surface area contributed by atoms with E-state index < -0.39 is 0 Å². The Morgan fingerprint density at radius 2 is 2.00 bits per heavy atom. The summed E-state index contributed by atoms with van der Waals surface area (Å²) in [6.07, 6.45) is 5.65. The van der Waals surface area contributed by atoms with Gasteiger partial charge in [0.1, 0.15) is 11.8 Å². The van der Waals surface area contributed by atoms with E-state index in [1.807, 2.05) is 25.3 Å². The lowest BCUT2D eigenvalue weighted by Crippen LogP contribution is -2.33. The van der Waals surface area contributed by atoms with E-state index in [1.165, 1.54) is 5.69 Å². The van der Waals surface area contributed by atoms with Gasteiger partial charge in [0.2, 0.25) is 0 Å². The normalized spacial score (nSPS) is 16.3. The van der Waals surface area contributed by atoms with Crippen molar-refractivity contribution in [3.05, 3.63) is 42.1 Å². The molecular weight excluding hydrogens is 276 g/mol. The summed E-state index contributed by atoms with van der Waals surface area (Å²) in [5.41, 5.74) is 4.05. The highest BCUT2D eigenvalue weighted by Crippen LogP contribution is 2.30. The minimum absolute atomic E-state index is 0.557. The van der Waals surface area contributed by atoms with Crippen molar-refractivity contribution < 1.29 is 0 Å². The van der Waals surface area contributed by atoms with Gasteiger partial charge in [0.05, 0.1) is 5.52 Å². The van der Waals surface area contributed by atoms with E-state index >= 15 is 0 Å². The summed E-state index contributed by atoms with van der Waals surface area (Å²) in [7, 11) is 0. The van der Waals surface area contributed by atoms with E-state index in [0.29, 0.717) is 5.92 Å². The standard InChI is InChI=1S/C16H18N6/c1-11-2-3-14-15(20-11)16(18-10-17-14)22-8-5-12(6-9-22)13-4-7-19-21-13/h2-4,7,10,12H,5-6,8-9H2,1H3,(H,19,21). The lowest BCUT2D eigenvalue weighted by molar-refractivity contribution is 0.493. The molecule has 0 radical (unpaired) electrons. The summed E-state index contributed by atoms with van der Waals surface area (Å²) >= 11 is 0. The summed E-state index contributed by atoms with van der Waals surface area (Å²) in [6.45, 7) is 3.96. The number of aryl methyl sites for hydroxylation is 1. The molecule has 1 fully saturated rings. The van der Waals surface area contributed by atoms with Gasteiger partial charge in [-0.2, -0.15) is 5.10 Å². The van der Waals surface area contributed by atoms with Crippen molar-refractivity contribution in [3.63, 3.8) is 0 Å². The van der Waals surface area contributed by atoms with Crippen molar-refractivity contribution in [1.82, 2.24) is 25.1 Å². The summed E-state index contributed by atoms with van der Waals surface area (Å²) in [4.78, 5) is 15.8. The van der Waals surface area contributed by atoms with Gasteiger partial charge in [-0.15, -0.1) is 0 Å². The molecule has 4 heterocycles. The molecule has 0 aromatic carbocycles. The van der Waals surface area contributed by atoms with Crippen LogP contribution in [0, 0.1) is 6.92 Å². The number of pyridine rings is 1. The third-order valence-corrected chi connectivity index (χ3v) is 4.36. The molecule has 0 atom stereocenters. The lowest BCUT2D eigenvalue weighted by atomic mass is 9.93. The third kappa shape index (κ3) is 2.30. The molecule has 0 bridgehead atoms. The Hall–Kier alpha value is -2.50. The van der Waals surface area contributed by atoms with Gasteiger partial charge < -0.3 is 4.90 Å². The zero-order valence-electron chi connectivity index (χ0n) is 12.5. The number of anilines is 1. The Balaban J connectivity index is 1.60. The fourth-order valence-corrected chi connectivity index (χ4v) is 3.15. The van der Waals surface area contributed by atoms with Crippen molar-refractivity contribution in [2.75, 3.05) is 18.0 Å². The van der Waals surface area contributed by atoms with Crippen LogP contribution in [0.1, 0.15) is 30.1 Å². The molecule has 0 unspecified atom stereocenters. The van der Waals surface area contributed by atoms with Crippen LogP contribution in [0.25, 0.3) is 11.0 Å². The van der Waals surface area contributed by atoms with Crippen LogP contribution >= 0.6 is 0 Å². The zero-order chi connectivity index (χ0) is 14.9. The van der Waals surface area contributed by atoms with Gasteiger partial charge in [0, 0.05) is 36.6 Å². The second-order valence-electron chi connectivity index (χ2n) is 5.79. The molecule has 3 aromatic heterocycles. The summed E-state index contributed by atoms with van der Waals surface area (Å²) in [5.74, 6) is 1.51. The molecule has 1 aliphatic rings. The Labute approximate surface area is 128 Å². The maximum absolute atomic E-state index is 4.64. The number of rotatable bonds is 2. The number of nitrogens with zero attached hydrogens (tertiary/aromatic N) is 5. The van der Waals surface area contributed by atoms with Crippen molar-refractivity contribution in [3.8, 4) is 0 Å². The first-order valence-electron chi connectivity index (χ1n) is 7.64. The Kier molecular flexibility index (Phi) is 3.21. The topological polar surface area (TPSA) is 70.6 Å². The molecule has 1 N–H and O–H groups in total. The number of hydrogen-bond acceptors (Lipinski definition) is 5. The maximum Gasteiger partial charge on any atom is 0.158 e. The minimum Gasteiger partial charge on any atom is -0.355 e. The fraction of sp³-hybridized carbons (Fsp3) is 0.375. The van der Waals surface area contributed by atoms with Gasteiger partial charge in [-0.3, -0.25) is 5.10 Å². The molecule has 112 valence electrons. The first-order valence-corrected chi connectivity index (χ1v) is 7.64. The Morgan fingerprint density at radius 1 is 1.14 bits per heavy atom. The van der Waals surface area contributed by atoms with Crippen molar-refractivity contribution in [1.29, 1.82) is 0 Å². The maximum atomic E-state index is 4.64. The highest BCUT2D eigenvalue weighted by Gasteiger charge is 2.23. The number of aromatic nitrogens is 5. The molecule has 0 spiro atoms. The smallest absolute Gasteiger partial charge is 0.158 e. The van der Waals surface area contributed by atoms with Gasteiger partial charge in [-0.1, -0.05) is 0 Å². The van der Waals surface area contributed by atoms with Crippen LogP contribution in [0.5, 0.6) is 0 Å². The molecule has 0 amide bonds. The number of fused-ring (bicyclic) bond motifs is 1. The average molecular weight is 294 g/mol. The van der Waals surface area contributed by atoms with Gasteiger partial charge in [-0.25, -0.2) is 15.0 Å². The summed E-state index contributed by atoms with van der Waals surface area (Å²) in [5, 5.41) is 7.15. The Morgan fingerprint density at radius 3 is 2.77 bits per heavy atom. The highest BCUT2D eigenvalue weighted by atomic mass is 15.2. The van der Waals surface area contributed by atoms with E-state index in [4.69, 9.17) is 0 Å². The molecular formula is C16H18N6. The fourth-order valence-electron chi connectivity index (χ4n) is 3.15. The van der Waals surface area contributed by atoms with Crippen molar-refractivity contribution in [2.24, 2.45) is 0 Å². The first-order chi connectivity index (χ1) is 10.8. The number of nitrogens with one attached hydrogen (secondary N) is 1. The number of hydrogen-bond donors (Lipinski definition) is 1. The van der Waals surface area contributed by atoms with Crippen LogP contribution < -0.4 is 4.90 Å². The predicted molar refractivity (Wildman–Crippen MR) is 84.8 cm³/mol. The van der Waals surface area contributed by atoms with Crippen LogP contribution in [-0.4, -0.2) is 38.2 Å². The first kappa shape index (κ1) is 13.2. The monoisotopic (exact) mass is 294 g/mol. The number of piperidine rings is 1. The summed E-state index contributed by atoms with van der Waals surface area (Å²) in [6, 6.07) is 6.08. The SMILES string of the molecule is Cc1ccc2ncnc(N3CCC(c4ccn[nH]4)CC3)c2n1. The quantitative estimate of drug-likeness (QED) is 0.786. The molecule has 1 aliphatic heterocycles. The molecule has 6 heteroatoms. The van der Waals surface area contributed by atoms with E-state index in [-0.39, 0.29) is 0 Å². The van der Waals surface area contributed by atoms with E-state index in [1.54, 1.807) is 6.33 Å². The zero-order valence-corrected chi connectivity index (χ0v) is 12.5. The molecule has 0 saturated carbocycles.